The maximum absolute atomic E-state index is 5.56. The fraction of sp³-hybridized carbons (Fsp3) is 0.400. The topological polar surface area (TPSA) is 18.5 Å². The Kier molecular flexibility index (Phi) is 2.76. The van der Waals surface area contributed by atoms with Crippen molar-refractivity contribution in [3.05, 3.63) is 29.8 Å². The van der Waals surface area contributed by atoms with Crippen molar-refractivity contribution in [1.82, 2.24) is 0 Å². The second-order valence-electron chi connectivity index (χ2n) is 2.82. The molecule has 0 amide bonds. The molecule has 13 heavy (non-hydrogen) atoms. The molecule has 1 aromatic rings. The summed E-state index contributed by atoms with van der Waals surface area (Å²) in [6.45, 7) is 0.841. The normalized spacial score (nSPS) is 21.8. The second kappa shape index (κ2) is 4.03. The van der Waals surface area contributed by atoms with Crippen LogP contribution in [0.25, 0.3) is 0 Å². The van der Waals surface area contributed by atoms with Crippen LogP contribution < -0.4 is 4.74 Å². The van der Waals surface area contributed by atoms with Crippen LogP contribution in [0.1, 0.15) is 11.0 Å². The van der Waals surface area contributed by atoms with Crippen LogP contribution in [-0.2, 0) is 4.74 Å². The number of thioether (sulfide) groups is 1. The second-order valence-corrected chi connectivity index (χ2v) is 3.99. The van der Waals surface area contributed by atoms with Crippen molar-refractivity contribution < 1.29 is 9.47 Å². The molecule has 1 aliphatic rings. The minimum absolute atomic E-state index is 0.163. The number of methoxy groups -OCH3 is 1. The summed E-state index contributed by atoms with van der Waals surface area (Å²) in [5, 5.41) is 0. The monoisotopic (exact) mass is 196 g/mol. The summed E-state index contributed by atoms with van der Waals surface area (Å²) < 4.78 is 10.8. The minimum atomic E-state index is 0.163. The van der Waals surface area contributed by atoms with Crippen LogP contribution in [0.15, 0.2) is 24.3 Å². The van der Waals surface area contributed by atoms with Gasteiger partial charge in [0.25, 0.3) is 0 Å². The molecule has 0 radical (unpaired) electrons. The molecule has 1 saturated heterocycles. The summed E-state index contributed by atoms with van der Waals surface area (Å²) in [4.78, 5) is 0. The van der Waals surface area contributed by atoms with E-state index >= 15 is 0 Å². The van der Waals surface area contributed by atoms with E-state index in [0.717, 1.165) is 23.7 Å². The van der Waals surface area contributed by atoms with Crippen molar-refractivity contribution in [1.29, 1.82) is 0 Å². The van der Waals surface area contributed by atoms with Gasteiger partial charge in [-0.25, -0.2) is 0 Å². The van der Waals surface area contributed by atoms with Crippen LogP contribution in [0.4, 0.5) is 0 Å². The lowest BCUT2D eigenvalue weighted by molar-refractivity contribution is 0.142. The first-order valence-electron chi connectivity index (χ1n) is 4.28. The van der Waals surface area contributed by atoms with Crippen molar-refractivity contribution >= 4 is 11.8 Å². The maximum atomic E-state index is 5.56. The van der Waals surface area contributed by atoms with Crippen molar-refractivity contribution in [2.45, 2.75) is 5.44 Å². The summed E-state index contributed by atoms with van der Waals surface area (Å²) in [5.74, 6) is 1.99. The zero-order valence-corrected chi connectivity index (χ0v) is 8.34. The average Bonchev–Trinajstić information content (AvgIpc) is 2.70. The van der Waals surface area contributed by atoms with Crippen LogP contribution in [0, 0.1) is 0 Å². The van der Waals surface area contributed by atoms with Gasteiger partial charge in [0.1, 0.15) is 11.2 Å². The van der Waals surface area contributed by atoms with Crippen LogP contribution in [0.2, 0.25) is 0 Å². The Bertz CT molecular complexity index is 282. The summed E-state index contributed by atoms with van der Waals surface area (Å²) in [7, 11) is 1.69. The molecule has 0 bridgehead atoms. The zero-order chi connectivity index (χ0) is 9.10. The fourth-order valence-electron chi connectivity index (χ4n) is 1.40. The Balaban J connectivity index is 2.26. The van der Waals surface area contributed by atoms with Crippen molar-refractivity contribution in [2.24, 2.45) is 0 Å². The molecule has 0 aromatic heterocycles. The number of hydrogen-bond donors (Lipinski definition) is 0. The number of benzene rings is 1. The van der Waals surface area contributed by atoms with Gasteiger partial charge in [-0.15, -0.1) is 11.8 Å². The Morgan fingerprint density at radius 2 is 2.31 bits per heavy atom. The van der Waals surface area contributed by atoms with E-state index in [-0.39, 0.29) is 5.44 Å². The van der Waals surface area contributed by atoms with E-state index in [1.807, 2.05) is 30.0 Å². The molecule has 2 nitrogen and oxygen atoms in total. The molecule has 1 fully saturated rings. The van der Waals surface area contributed by atoms with Crippen LogP contribution in [-0.4, -0.2) is 19.5 Å². The number of hydrogen-bond acceptors (Lipinski definition) is 3. The predicted octanol–water partition coefficient (Wildman–Crippen LogP) is 2.46. The number of ether oxygens (including phenoxy) is 2. The smallest absolute Gasteiger partial charge is 0.132 e. The van der Waals surface area contributed by atoms with E-state index < -0.39 is 0 Å². The van der Waals surface area contributed by atoms with Gasteiger partial charge in [-0.05, 0) is 6.07 Å². The molecule has 70 valence electrons. The predicted molar refractivity (Wildman–Crippen MR) is 54.1 cm³/mol. The van der Waals surface area contributed by atoms with Gasteiger partial charge < -0.3 is 9.47 Å². The molecule has 0 aliphatic carbocycles. The van der Waals surface area contributed by atoms with Gasteiger partial charge in [0.15, 0.2) is 0 Å². The molecule has 0 spiro atoms. The Labute approximate surface area is 82.2 Å². The van der Waals surface area contributed by atoms with Gasteiger partial charge in [-0.2, -0.15) is 0 Å². The first-order chi connectivity index (χ1) is 6.42. The van der Waals surface area contributed by atoms with Crippen molar-refractivity contribution in [3.63, 3.8) is 0 Å². The molecule has 1 aromatic carbocycles. The first-order valence-corrected chi connectivity index (χ1v) is 5.33. The highest BCUT2D eigenvalue weighted by molar-refractivity contribution is 7.99. The lowest BCUT2D eigenvalue weighted by atomic mass is 10.2. The fourth-order valence-corrected chi connectivity index (χ4v) is 2.37. The van der Waals surface area contributed by atoms with E-state index in [1.165, 1.54) is 0 Å². The maximum Gasteiger partial charge on any atom is 0.132 e. The minimum Gasteiger partial charge on any atom is -0.496 e. The van der Waals surface area contributed by atoms with E-state index in [4.69, 9.17) is 9.47 Å². The number of para-hydroxylation sites is 1. The average molecular weight is 196 g/mol. The molecule has 1 heterocycles. The molecule has 2 rings (SSSR count). The number of rotatable bonds is 2. The molecule has 1 aliphatic heterocycles. The van der Waals surface area contributed by atoms with Gasteiger partial charge >= 0.3 is 0 Å². The third kappa shape index (κ3) is 1.81. The van der Waals surface area contributed by atoms with Crippen LogP contribution in [0.5, 0.6) is 5.75 Å². The largest absolute Gasteiger partial charge is 0.496 e. The molecular weight excluding hydrogens is 184 g/mol. The molecular formula is C10H12O2S. The Morgan fingerprint density at radius 1 is 1.46 bits per heavy atom. The van der Waals surface area contributed by atoms with E-state index in [9.17, 15) is 0 Å². The van der Waals surface area contributed by atoms with Gasteiger partial charge in [-0.1, -0.05) is 18.2 Å². The highest BCUT2D eigenvalue weighted by Crippen LogP contribution is 2.39. The van der Waals surface area contributed by atoms with Gasteiger partial charge in [0, 0.05) is 11.3 Å². The highest BCUT2D eigenvalue weighted by atomic mass is 32.2. The van der Waals surface area contributed by atoms with E-state index in [2.05, 4.69) is 6.07 Å². The Hall–Kier alpha value is -0.670. The summed E-state index contributed by atoms with van der Waals surface area (Å²) in [6.07, 6.45) is 0. The quantitative estimate of drug-likeness (QED) is 0.724. The van der Waals surface area contributed by atoms with Gasteiger partial charge in [-0.3, -0.25) is 0 Å². The zero-order valence-electron chi connectivity index (χ0n) is 7.53. The molecule has 0 N–H and O–H groups in total. The highest BCUT2D eigenvalue weighted by Gasteiger charge is 2.20. The standard InChI is InChI=1S/C10H12O2S/c1-11-9-5-3-2-4-8(9)10-12-6-7-13-10/h2-5,10H,6-7H2,1H3. The van der Waals surface area contributed by atoms with Gasteiger partial charge in [0.05, 0.1) is 13.7 Å². The lowest BCUT2D eigenvalue weighted by Crippen LogP contribution is -1.96. The SMILES string of the molecule is COc1ccccc1C1OCCS1. The van der Waals surface area contributed by atoms with E-state index in [0.29, 0.717) is 0 Å². The first kappa shape index (κ1) is 8.91. The third-order valence-electron chi connectivity index (χ3n) is 2.01. The van der Waals surface area contributed by atoms with Crippen LogP contribution >= 0.6 is 11.8 Å². The summed E-state index contributed by atoms with van der Waals surface area (Å²) in [6, 6.07) is 8.02. The molecule has 3 heteroatoms. The van der Waals surface area contributed by atoms with Gasteiger partial charge in [0.2, 0.25) is 0 Å². The third-order valence-corrected chi connectivity index (χ3v) is 3.11. The summed E-state index contributed by atoms with van der Waals surface area (Å²) >= 11 is 1.82. The van der Waals surface area contributed by atoms with E-state index in [1.54, 1.807) is 7.11 Å². The molecule has 1 unspecified atom stereocenters. The molecule has 0 saturated carbocycles. The molecule has 1 atom stereocenters. The lowest BCUT2D eigenvalue weighted by Gasteiger charge is -2.12. The van der Waals surface area contributed by atoms with Crippen molar-refractivity contribution in [2.75, 3.05) is 19.5 Å². The Morgan fingerprint density at radius 3 is 3.00 bits per heavy atom. The van der Waals surface area contributed by atoms with Crippen molar-refractivity contribution in [3.8, 4) is 5.75 Å². The summed E-state index contributed by atoms with van der Waals surface area (Å²) in [5.41, 5.74) is 1.31. The van der Waals surface area contributed by atoms with Crippen LogP contribution in [0.3, 0.4) is 0 Å².